The number of hydrogen-bond acceptors (Lipinski definition) is 4. The quantitative estimate of drug-likeness (QED) is 0.734. The zero-order valence-electron chi connectivity index (χ0n) is 16.5. The van der Waals surface area contributed by atoms with Crippen LogP contribution in [0, 0.1) is 12.8 Å². The topological polar surface area (TPSA) is 66.9 Å². The number of benzene rings is 2. The van der Waals surface area contributed by atoms with Crippen molar-refractivity contribution in [1.29, 1.82) is 0 Å². The molecule has 6 nitrogen and oxygen atoms in total. The number of amides is 3. The lowest BCUT2D eigenvalue weighted by molar-refractivity contribution is -0.133. The minimum absolute atomic E-state index is 0.194. The molecule has 2 aliphatic rings. The Morgan fingerprint density at radius 1 is 1.03 bits per heavy atom. The van der Waals surface area contributed by atoms with Gasteiger partial charge in [-0.15, -0.1) is 0 Å². The average Bonchev–Trinajstić information content (AvgIpc) is 2.98. The van der Waals surface area contributed by atoms with Crippen LogP contribution in [0.4, 0.5) is 0 Å². The maximum atomic E-state index is 12.8. The maximum absolute atomic E-state index is 12.8. The molecular formula is C23H24N2O4. The van der Waals surface area contributed by atoms with Gasteiger partial charge in [0, 0.05) is 19.0 Å². The van der Waals surface area contributed by atoms with Gasteiger partial charge in [0.25, 0.3) is 11.8 Å². The number of carbonyl (C=O) groups excluding carboxylic acids is 3. The molecule has 1 unspecified atom stereocenters. The van der Waals surface area contributed by atoms with Gasteiger partial charge in [-0.25, -0.2) is 0 Å². The SMILES string of the molecule is Cc1ccccc1OCC1CCCN(C(=O)CN2C(=O)c3ccccc3C2=O)C1. The van der Waals surface area contributed by atoms with E-state index in [0.717, 1.165) is 29.1 Å². The van der Waals surface area contributed by atoms with Crippen LogP contribution in [0.25, 0.3) is 0 Å². The summed E-state index contributed by atoms with van der Waals surface area (Å²) in [6, 6.07) is 14.6. The Kier molecular flexibility index (Phi) is 5.34. The van der Waals surface area contributed by atoms with Crippen molar-refractivity contribution in [3.8, 4) is 5.75 Å². The highest BCUT2D eigenvalue weighted by Gasteiger charge is 2.37. The van der Waals surface area contributed by atoms with E-state index in [1.807, 2.05) is 31.2 Å². The summed E-state index contributed by atoms with van der Waals surface area (Å²) in [5.41, 5.74) is 1.82. The van der Waals surface area contributed by atoms with Gasteiger partial charge >= 0.3 is 0 Å². The van der Waals surface area contributed by atoms with Crippen LogP contribution < -0.4 is 4.74 Å². The van der Waals surface area contributed by atoms with E-state index in [1.54, 1.807) is 29.2 Å². The number of nitrogens with zero attached hydrogens (tertiary/aromatic N) is 2. The van der Waals surface area contributed by atoms with Crippen LogP contribution in [0.15, 0.2) is 48.5 Å². The first kappa shape index (κ1) is 19.2. The van der Waals surface area contributed by atoms with E-state index < -0.39 is 11.8 Å². The number of piperidine rings is 1. The third-order valence-corrected chi connectivity index (χ3v) is 5.61. The molecule has 150 valence electrons. The van der Waals surface area contributed by atoms with E-state index in [0.29, 0.717) is 30.8 Å². The highest BCUT2D eigenvalue weighted by molar-refractivity contribution is 6.22. The van der Waals surface area contributed by atoms with Crippen LogP contribution in [-0.4, -0.2) is 53.8 Å². The molecule has 2 aliphatic heterocycles. The average molecular weight is 392 g/mol. The molecule has 2 aromatic rings. The molecule has 1 saturated heterocycles. The number of para-hydroxylation sites is 1. The summed E-state index contributed by atoms with van der Waals surface area (Å²) < 4.78 is 5.96. The first-order valence-corrected chi connectivity index (χ1v) is 9.96. The van der Waals surface area contributed by atoms with Crippen LogP contribution in [0.2, 0.25) is 0 Å². The lowest BCUT2D eigenvalue weighted by Gasteiger charge is -2.33. The number of hydrogen-bond donors (Lipinski definition) is 0. The molecule has 2 aromatic carbocycles. The zero-order chi connectivity index (χ0) is 20.4. The number of aryl methyl sites for hydroxylation is 1. The van der Waals surface area contributed by atoms with Gasteiger partial charge in [-0.2, -0.15) is 0 Å². The third kappa shape index (κ3) is 3.88. The van der Waals surface area contributed by atoms with Crippen molar-refractivity contribution >= 4 is 17.7 Å². The maximum Gasteiger partial charge on any atom is 0.262 e. The fourth-order valence-corrected chi connectivity index (χ4v) is 3.97. The van der Waals surface area contributed by atoms with Gasteiger partial charge in [-0.1, -0.05) is 30.3 Å². The lowest BCUT2D eigenvalue weighted by atomic mass is 9.99. The van der Waals surface area contributed by atoms with Crippen molar-refractivity contribution in [1.82, 2.24) is 9.80 Å². The van der Waals surface area contributed by atoms with E-state index >= 15 is 0 Å². The van der Waals surface area contributed by atoms with Crippen molar-refractivity contribution in [2.75, 3.05) is 26.2 Å². The van der Waals surface area contributed by atoms with Gasteiger partial charge in [0.2, 0.25) is 5.91 Å². The molecule has 1 fully saturated rings. The summed E-state index contributed by atoms with van der Waals surface area (Å²) in [7, 11) is 0. The number of imide groups is 1. The van der Waals surface area contributed by atoms with Gasteiger partial charge in [0.1, 0.15) is 12.3 Å². The number of ether oxygens (including phenoxy) is 1. The standard InChI is InChI=1S/C23H24N2O4/c1-16-7-2-5-11-20(16)29-15-17-8-6-12-24(13-17)21(26)14-25-22(27)18-9-3-4-10-19(18)23(25)28/h2-5,7,9-11,17H,6,8,12-15H2,1H3. The Hall–Kier alpha value is -3.15. The first-order valence-electron chi connectivity index (χ1n) is 9.96. The second kappa shape index (κ2) is 8.07. The number of fused-ring (bicyclic) bond motifs is 1. The monoisotopic (exact) mass is 392 g/mol. The third-order valence-electron chi connectivity index (χ3n) is 5.61. The molecule has 0 bridgehead atoms. The second-order valence-corrected chi connectivity index (χ2v) is 7.67. The minimum atomic E-state index is -0.393. The van der Waals surface area contributed by atoms with Crippen LogP contribution in [0.3, 0.4) is 0 Å². The van der Waals surface area contributed by atoms with E-state index in [2.05, 4.69) is 0 Å². The van der Waals surface area contributed by atoms with Crippen LogP contribution in [0.5, 0.6) is 5.75 Å². The first-order chi connectivity index (χ1) is 14.0. The Labute approximate surface area is 170 Å². The van der Waals surface area contributed by atoms with Crippen LogP contribution in [0.1, 0.15) is 39.1 Å². The van der Waals surface area contributed by atoms with Crippen molar-refractivity contribution in [2.45, 2.75) is 19.8 Å². The summed E-state index contributed by atoms with van der Waals surface area (Å²) in [6.45, 7) is 3.56. The molecule has 29 heavy (non-hydrogen) atoms. The molecule has 0 N–H and O–H groups in total. The summed E-state index contributed by atoms with van der Waals surface area (Å²) in [5, 5.41) is 0. The van der Waals surface area contributed by atoms with Crippen LogP contribution in [-0.2, 0) is 4.79 Å². The van der Waals surface area contributed by atoms with Crippen molar-refractivity contribution in [2.24, 2.45) is 5.92 Å². The molecule has 0 spiro atoms. The van der Waals surface area contributed by atoms with Crippen molar-refractivity contribution in [3.05, 3.63) is 65.2 Å². The molecule has 0 aliphatic carbocycles. The highest BCUT2D eigenvalue weighted by Crippen LogP contribution is 2.24. The molecule has 1 atom stereocenters. The normalized spacial score (nSPS) is 18.7. The molecule has 3 amide bonds. The van der Waals surface area contributed by atoms with Crippen molar-refractivity contribution in [3.63, 3.8) is 0 Å². The van der Waals surface area contributed by atoms with Gasteiger partial charge < -0.3 is 9.64 Å². The molecule has 0 aromatic heterocycles. The smallest absolute Gasteiger partial charge is 0.262 e. The Balaban J connectivity index is 1.35. The predicted molar refractivity (Wildman–Crippen MR) is 108 cm³/mol. The van der Waals surface area contributed by atoms with Gasteiger partial charge in [-0.05, 0) is 43.5 Å². The Bertz CT molecular complexity index is 920. The lowest BCUT2D eigenvalue weighted by Crippen LogP contribution is -2.47. The van der Waals surface area contributed by atoms with E-state index in [1.165, 1.54) is 0 Å². The minimum Gasteiger partial charge on any atom is -0.493 e. The summed E-state index contributed by atoms with van der Waals surface area (Å²) in [6.07, 6.45) is 1.87. The highest BCUT2D eigenvalue weighted by atomic mass is 16.5. The Morgan fingerprint density at radius 3 is 2.38 bits per heavy atom. The van der Waals surface area contributed by atoms with E-state index in [9.17, 15) is 14.4 Å². The molecule has 0 radical (unpaired) electrons. The summed E-state index contributed by atoms with van der Waals surface area (Å²) in [5.74, 6) is 0.113. The van der Waals surface area contributed by atoms with Gasteiger partial charge in [0.05, 0.1) is 17.7 Å². The van der Waals surface area contributed by atoms with Gasteiger partial charge in [0.15, 0.2) is 0 Å². The predicted octanol–water partition coefficient (Wildman–Crippen LogP) is 2.91. The van der Waals surface area contributed by atoms with E-state index in [4.69, 9.17) is 4.74 Å². The molecule has 2 heterocycles. The fourth-order valence-electron chi connectivity index (χ4n) is 3.97. The fraction of sp³-hybridized carbons (Fsp3) is 0.348. The number of likely N-dealkylation sites (tertiary alicyclic amines) is 1. The number of carbonyl (C=O) groups is 3. The molecular weight excluding hydrogens is 368 g/mol. The van der Waals surface area contributed by atoms with Gasteiger partial charge in [-0.3, -0.25) is 19.3 Å². The van der Waals surface area contributed by atoms with E-state index in [-0.39, 0.29) is 18.4 Å². The summed E-state index contributed by atoms with van der Waals surface area (Å²) in [4.78, 5) is 40.6. The number of rotatable bonds is 5. The largest absolute Gasteiger partial charge is 0.493 e. The molecule has 4 rings (SSSR count). The second-order valence-electron chi connectivity index (χ2n) is 7.67. The summed E-state index contributed by atoms with van der Waals surface area (Å²) >= 11 is 0. The molecule has 6 heteroatoms. The molecule has 0 saturated carbocycles. The zero-order valence-corrected chi connectivity index (χ0v) is 16.5. The Morgan fingerprint density at radius 2 is 1.69 bits per heavy atom. The van der Waals surface area contributed by atoms with Crippen molar-refractivity contribution < 1.29 is 19.1 Å². The van der Waals surface area contributed by atoms with Crippen LogP contribution >= 0.6 is 0 Å².